The van der Waals surface area contributed by atoms with Crippen LogP contribution in [0, 0.1) is 13.8 Å². The van der Waals surface area contributed by atoms with E-state index in [0.29, 0.717) is 22.7 Å². The van der Waals surface area contributed by atoms with Gasteiger partial charge in [0.05, 0.1) is 22.0 Å². The number of fused-ring (bicyclic) bond motifs is 2. The minimum atomic E-state index is -3.93. The lowest BCUT2D eigenvalue weighted by Crippen LogP contribution is -2.29. The van der Waals surface area contributed by atoms with Gasteiger partial charge in [-0.05, 0) is 76.5 Å². The molecule has 0 unspecified atom stereocenters. The Bertz CT molecular complexity index is 2150. The average molecular weight is 637 g/mol. The van der Waals surface area contributed by atoms with E-state index in [4.69, 9.17) is 9.97 Å². The van der Waals surface area contributed by atoms with Crippen molar-refractivity contribution in [2.45, 2.75) is 18.7 Å². The van der Waals surface area contributed by atoms with Crippen molar-refractivity contribution in [2.24, 2.45) is 0 Å². The molecule has 6 aromatic rings. The van der Waals surface area contributed by atoms with Crippen LogP contribution in [0.5, 0.6) is 0 Å². The number of rotatable bonds is 10. The van der Waals surface area contributed by atoms with Crippen molar-refractivity contribution in [1.29, 1.82) is 0 Å². The molecule has 238 valence electrons. The standard InChI is InChI=1S/C35H40N8O2S/c1-23-8-12-26(13-9-23)46(44,45)43-17-16-27-33(29-22-36-30-14-10-24(2)20-28(29)30)38-35(39-34(27)43)37-25-11-15-31(32(21-25)41(5)6)42(7)19-18-40(3)4/h8-17,20-22,36H,18-19H2,1-7H3,(H,37,38,39). The van der Waals surface area contributed by atoms with Crippen LogP contribution in [0.1, 0.15) is 11.1 Å². The van der Waals surface area contributed by atoms with Gasteiger partial charge in [-0.3, -0.25) is 0 Å². The molecule has 6 rings (SSSR count). The SMILES string of the molecule is Cc1ccc(S(=O)(=O)n2ccc3c(-c4c[nH]c5ccc(C)cc45)nc(Nc4ccc(N(C)CCN(C)C)c(N(C)C)c4)nc32)cc1. The largest absolute Gasteiger partial charge is 0.376 e. The molecular weight excluding hydrogens is 597 g/mol. The number of aromatic nitrogens is 4. The van der Waals surface area contributed by atoms with Crippen molar-refractivity contribution >= 4 is 55.0 Å². The molecule has 0 aliphatic carbocycles. The van der Waals surface area contributed by atoms with Crippen molar-refractivity contribution in [2.75, 3.05) is 63.4 Å². The minimum Gasteiger partial charge on any atom is -0.376 e. The Labute approximate surface area is 270 Å². The van der Waals surface area contributed by atoms with Gasteiger partial charge in [0.2, 0.25) is 5.95 Å². The zero-order valence-electron chi connectivity index (χ0n) is 27.3. The lowest BCUT2D eigenvalue weighted by molar-refractivity contribution is 0.416. The number of nitrogens with zero attached hydrogens (tertiary/aromatic N) is 6. The minimum absolute atomic E-state index is 0.192. The van der Waals surface area contributed by atoms with Gasteiger partial charge < -0.3 is 25.0 Å². The van der Waals surface area contributed by atoms with Gasteiger partial charge in [-0.25, -0.2) is 17.4 Å². The topological polar surface area (TPSA) is 102 Å². The van der Waals surface area contributed by atoms with Crippen LogP contribution in [0.4, 0.5) is 23.0 Å². The van der Waals surface area contributed by atoms with Gasteiger partial charge in [-0.2, -0.15) is 4.98 Å². The number of likely N-dealkylation sites (N-methyl/N-ethyl adjacent to an activating group) is 2. The molecule has 0 aliphatic heterocycles. The molecule has 0 atom stereocenters. The number of hydrogen-bond donors (Lipinski definition) is 2. The van der Waals surface area contributed by atoms with Crippen molar-refractivity contribution in [3.05, 3.63) is 90.3 Å². The first-order valence-corrected chi connectivity index (χ1v) is 16.6. The highest BCUT2D eigenvalue weighted by Crippen LogP contribution is 2.36. The Balaban J connectivity index is 1.50. The fourth-order valence-electron chi connectivity index (χ4n) is 5.58. The molecule has 3 heterocycles. The van der Waals surface area contributed by atoms with E-state index in [1.54, 1.807) is 36.5 Å². The smallest absolute Gasteiger partial charge is 0.269 e. The summed E-state index contributed by atoms with van der Waals surface area (Å²) < 4.78 is 29.1. The molecule has 2 N–H and O–H groups in total. The Morgan fingerprint density at radius 2 is 1.54 bits per heavy atom. The van der Waals surface area contributed by atoms with E-state index in [9.17, 15) is 8.42 Å². The number of H-pyrrole nitrogens is 1. The molecule has 0 saturated heterocycles. The van der Waals surface area contributed by atoms with E-state index in [1.807, 2.05) is 46.3 Å². The van der Waals surface area contributed by atoms with E-state index in [2.05, 4.69) is 70.4 Å². The summed E-state index contributed by atoms with van der Waals surface area (Å²) in [5, 5.41) is 5.03. The summed E-state index contributed by atoms with van der Waals surface area (Å²) in [4.78, 5) is 19.8. The molecule has 0 aliphatic rings. The van der Waals surface area contributed by atoms with Crippen LogP contribution in [-0.2, 0) is 10.0 Å². The third-order valence-corrected chi connectivity index (χ3v) is 9.87. The second kappa shape index (κ2) is 12.1. The summed E-state index contributed by atoms with van der Waals surface area (Å²) in [6.07, 6.45) is 3.48. The summed E-state index contributed by atoms with van der Waals surface area (Å²) in [6, 6.07) is 21.0. The van der Waals surface area contributed by atoms with Crippen LogP contribution in [0.2, 0.25) is 0 Å². The summed E-state index contributed by atoms with van der Waals surface area (Å²) in [5.74, 6) is 0.293. The number of anilines is 4. The monoisotopic (exact) mass is 636 g/mol. The number of nitrogens with one attached hydrogen (secondary N) is 2. The normalized spacial score (nSPS) is 11.9. The number of benzene rings is 3. The Hall–Kier alpha value is -4.87. The molecule has 0 saturated carbocycles. The molecule has 3 aromatic heterocycles. The molecule has 46 heavy (non-hydrogen) atoms. The highest BCUT2D eigenvalue weighted by atomic mass is 32.2. The van der Waals surface area contributed by atoms with Crippen LogP contribution < -0.4 is 15.1 Å². The fourth-order valence-corrected chi connectivity index (χ4v) is 6.88. The second-order valence-corrected chi connectivity index (χ2v) is 14.1. The summed E-state index contributed by atoms with van der Waals surface area (Å²) in [5.41, 5.74) is 7.78. The van der Waals surface area contributed by atoms with Gasteiger partial charge in [0.1, 0.15) is 0 Å². The fraction of sp³-hybridized carbons (Fsp3) is 0.257. The first-order valence-electron chi connectivity index (χ1n) is 15.2. The number of aromatic amines is 1. The third-order valence-electron chi connectivity index (χ3n) is 8.19. The van der Waals surface area contributed by atoms with Gasteiger partial charge in [0.15, 0.2) is 5.65 Å². The van der Waals surface area contributed by atoms with Gasteiger partial charge in [-0.1, -0.05) is 29.3 Å². The molecule has 0 fully saturated rings. The summed E-state index contributed by atoms with van der Waals surface area (Å²) in [6.45, 7) is 5.78. The molecule has 3 aromatic carbocycles. The second-order valence-electron chi connectivity index (χ2n) is 12.3. The lowest BCUT2D eigenvalue weighted by Gasteiger charge is -2.27. The summed E-state index contributed by atoms with van der Waals surface area (Å²) >= 11 is 0. The molecule has 11 heteroatoms. The molecule has 10 nitrogen and oxygen atoms in total. The van der Waals surface area contributed by atoms with Crippen LogP contribution in [0.15, 0.2) is 84.0 Å². The van der Waals surface area contributed by atoms with Gasteiger partial charge >= 0.3 is 0 Å². The predicted octanol–water partition coefficient (Wildman–Crippen LogP) is 6.24. The summed E-state index contributed by atoms with van der Waals surface area (Å²) in [7, 11) is 6.33. The van der Waals surface area contributed by atoms with Gasteiger partial charge in [0, 0.05) is 74.2 Å². The van der Waals surface area contributed by atoms with Gasteiger partial charge in [-0.15, -0.1) is 0 Å². The molecule has 0 bridgehead atoms. The Morgan fingerprint density at radius 1 is 0.804 bits per heavy atom. The number of aryl methyl sites for hydroxylation is 2. The predicted molar refractivity (Wildman–Crippen MR) is 189 cm³/mol. The van der Waals surface area contributed by atoms with E-state index in [-0.39, 0.29) is 4.90 Å². The zero-order valence-corrected chi connectivity index (χ0v) is 28.1. The Morgan fingerprint density at radius 3 is 2.26 bits per heavy atom. The molecule has 0 radical (unpaired) electrons. The van der Waals surface area contributed by atoms with E-state index >= 15 is 0 Å². The van der Waals surface area contributed by atoms with E-state index < -0.39 is 10.0 Å². The lowest BCUT2D eigenvalue weighted by atomic mass is 10.1. The molecule has 0 amide bonds. The quantitative estimate of drug-likeness (QED) is 0.182. The first kappa shape index (κ1) is 31.1. The van der Waals surface area contributed by atoms with Crippen molar-refractivity contribution in [1.82, 2.24) is 23.8 Å². The van der Waals surface area contributed by atoms with E-state index in [1.165, 1.54) is 3.97 Å². The highest BCUT2D eigenvalue weighted by molar-refractivity contribution is 7.90. The van der Waals surface area contributed by atoms with Gasteiger partial charge in [0.25, 0.3) is 10.0 Å². The van der Waals surface area contributed by atoms with Crippen molar-refractivity contribution in [3.63, 3.8) is 0 Å². The maximum atomic E-state index is 13.9. The Kier molecular flexibility index (Phi) is 8.22. The van der Waals surface area contributed by atoms with Crippen LogP contribution in [-0.4, -0.2) is 80.6 Å². The van der Waals surface area contributed by atoms with Crippen molar-refractivity contribution in [3.8, 4) is 11.3 Å². The third kappa shape index (κ3) is 5.91. The highest BCUT2D eigenvalue weighted by Gasteiger charge is 2.24. The van der Waals surface area contributed by atoms with Crippen LogP contribution in [0.3, 0.4) is 0 Å². The average Bonchev–Trinajstić information content (AvgIpc) is 3.64. The maximum Gasteiger partial charge on any atom is 0.269 e. The number of hydrogen-bond acceptors (Lipinski definition) is 8. The molecule has 0 spiro atoms. The van der Waals surface area contributed by atoms with E-state index in [0.717, 1.165) is 57.7 Å². The van der Waals surface area contributed by atoms with Crippen LogP contribution >= 0.6 is 0 Å². The van der Waals surface area contributed by atoms with Crippen molar-refractivity contribution < 1.29 is 8.42 Å². The van der Waals surface area contributed by atoms with Crippen LogP contribution in [0.25, 0.3) is 33.2 Å². The maximum absolute atomic E-state index is 13.9. The first-order chi connectivity index (χ1) is 21.9. The zero-order chi connectivity index (χ0) is 32.7. The molecular formula is C35H40N8O2S.